The predicted molar refractivity (Wildman–Crippen MR) is 144 cm³/mol. The molecule has 1 aliphatic heterocycles. The van der Waals surface area contributed by atoms with E-state index in [-0.39, 0.29) is 11.4 Å². The summed E-state index contributed by atoms with van der Waals surface area (Å²) in [5, 5.41) is 11.6. The number of hydrogen-bond donors (Lipinski definition) is 2. The van der Waals surface area contributed by atoms with Crippen molar-refractivity contribution in [3.8, 4) is 11.1 Å². The Morgan fingerprint density at radius 3 is 2.49 bits per heavy atom. The molecule has 5 rings (SSSR count). The van der Waals surface area contributed by atoms with Gasteiger partial charge in [-0.3, -0.25) is 5.10 Å². The first kappa shape index (κ1) is 23.2. The van der Waals surface area contributed by atoms with Crippen LogP contribution in [0, 0.1) is 6.92 Å². The quantitative estimate of drug-likeness (QED) is 0.322. The normalized spacial score (nSPS) is 14.7. The Labute approximate surface area is 207 Å². The third kappa shape index (κ3) is 4.68. The Morgan fingerprint density at radius 1 is 1.00 bits per heavy atom. The van der Waals surface area contributed by atoms with Crippen LogP contribution in [-0.2, 0) is 12.0 Å². The van der Waals surface area contributed by atoms with E-state index in [1.165, 1.54) is 27.6 Å². The van der Waals surface area contributed by atoms with Gasteiger partial charge in [-0.2, -0.15) is 5.10 Å². The van der Waals surface area contributed by atoms with Gasteiger partial charge < -0.3 is 10.2 Å². The van der Waals surface area contributed by atoms with Gasteiger partial charge in [-0.1, -0.05) is 64.1 Å². The van der Waals surface area contributed by atoms with Gasteiger partial charge in [-0.05, 0) is 76.8 Å². The van der Waals surface area contributed by atoms with Gasteiger partial charge in [0.25, 0.3) is 0 Å². The van der Waals surface area contributed by atoms with Crippen LogP contribution in [0.1, 0.15) is 62.4 Å². The van der Waals surface area contributed by atoms with Gasteiger partial charge in [0.2, 0.25) is 0 Å². The van der Waals surface area contributed by atoms with E-state index in [9.17, 15) is 4.79 Å². The highest BCUT2D eigenvalue weighted by atomic mass is 16.2. The van der Waals surface area contributed by atoms with Crippen LogP contribution in [0.15, 0.2) is 60.7 Å². The zero-order valence-electron chi connectivity index (χ0n) is 21.3. The fourth-order valence-corrected chi connectivity index (χ4v) is 4.83. The molecule has 5 nitrogen and oxygen atoms in total. The number of H-pyrrole nitrogens is 1. The summed E-state index contributed by atoms with van der Waals surface area (Å²) in [7, 11) is 0. The average Bonchev–Trinajstić information content (AvgIpc) is 3.22. The molecule has 180 valence electrons. The van der Waals surface area contributed by atoms with Crippen molar-refractivity contribution < 1.29 is 4.79 Å². The highest BCUT2D eigenvalue weighted by Gasteiger charge is 2.23. The van der Waals surface area contributed by atoms with Crippen LogP contribution in [0.4, 0.5) is 10.5 Å². The second kappa shape index (κ2) is 8.88. The number of nitrogens with zero attached hydrogens (tertiary/aromatic N) is 2. The van der Waals surface area contributed by atoms with Crippen LogP contribution in [0.3, 0.4) is 0 Å². The van der Waals surface area contributed by atoms with Crippen molar-refractivity contribution in [1.82, 2.24) is 15.1 Å². The Kier molecular flexibility index (Phi) is 5.87. The predicted octanol–water partition coefficient (Wildman–Crippen LogP) is 7.38. The molecular formula is C30H34N4O. The maximum atomic E-state index is 12.8. The molecular weight excluding hydrogens is 432 g/mol. The summed E-state index contributed by atoms with van der Waals surface area (Å²) in [5.74, 6) is 0.343. The minimum Gasteiger partial charge on any atom is -0.320 e. The zero-order valence-corrected chi connectivity index (χ0v) is 21.3. The van der Waals surface area contributed by atoms with Crippen LogP contribution >= 0.6 is 0 Å². The van der Waals surface area contributed by atoms with E-state index in [0.717, 1.165) is 28.9 Å². The number of aromatic nitrogens is 2. The molecule has 1 aromatic heterocycles. The van der Waals surface area contributed by atoms with Crippen molar-refractivity contribution in [3.05, 3.63) is 83.0 Å². The molecule has 2 heterocycles. The lowest BCUT2D eigenvalue weighted by atomic mass is 9.86. The standard InChI is InChI=1S/C30H34N4O/c1-19(22-8-13-28-26(17-22)20(2)32-33-28)14-15-34-18-24-16-23(9-12-27(24)31-29(34)35)21-6-10-25(11-7-21)30(3,4)5/h6-13,16-17,19H,14-15,18H2,1-5H3,(H,31,35)(H,32,33)/t19-/m0/s1. The molecule has 0 saturated heterocycles. The molecule has 0 unspecified atom stereocenters. The third-order valence-electron chi connectivity index (χ3n) is 7.26. The molecule has 1 aliphatic rings. The van der Waals surface area contributed by atoms with E-state index in [2.05, 4.69) is 97.8 Å². The van der Waals surface area contributed by atoms with Crippen molar-refractivity contribution >= 4 is 22.6 Å². The molecule has 0 radical (unpaired) electrons. The van der Waals surface area contributed by atoms with E-state index in [0.29, 0.717) is 19.0 Å². The van der Waals surface area contributed by atoms with Crippen LogP contribution in [-0.4, -0.2) is 27.7 Å². The van der Waals surface area contributed by atoms with Gasteiger partial charge in [0.15, 0.2) is 0 Å². The van der Waals surface area contributed by atoms with Gasteiger partial charge in [0, 0.05) is 24.2 Å². The molecule has 0 saturated carbocycles. The Balaban J connectivity index is 1.29. The topological polar surface area (TPSA) is 61.0 Å². The Hall–Kier alpha value is -3.60. The maximum Gasteiger partial charge on any atom is 0.322 e. The highest BCUT2D eigenvalue weighted by Crippen LogP contribution is 2.32. The second-order valence-corrected chi connectivity index (χ2v) is 10.9. The largest absolute Gasteiger partial charge is 0.322 e. The summed E-state index contributed by atoms with van der Waals surface area (Å²) in [4.78, 5) is 14.7. The number of carbonyl (C=O) groups excluding carboxylic acids is 1. The number of rotatable bonds is 5. The highest BCUT2D eigenvalue weighted by molar-refractivity contribution is 5.93. The number of anilines is 1. The summed E-state index contributed by atoms with van der Waals surface area (Å²) in [6.07, 6.45) is 0.902. The molecule has 0 bridgehead atoms. The molecule has 2 amide bonds. The molecule has 0 spiro atoms. The first-order valence-electron chi connectivity index (χ1n) is 12.4. The number of benzene rings is 3. The van der Waals surface area contributed by atoms with Gasteiger partial charge in [-0.15, -0.1) is 0 Å². The zero-order chi connectivity index (χ0) is 24.7. The van der Waals surface area contributed by atoms with E-state index < -0.39 is 0 Å². The number of hydrogen-bond acceptors (Lipinski definition) is 2. The maximum absolute atomic E-state index is 12.8. The van der Waals surface area contributed by atoms with Crippen LogP contribution in [0.5, 0.6) is 0 Å². The molecule has 5 heteroatoms. The van der Waals surface area contributed by atoms with Crippen molar-refractivity contribution in [2.75, 3.05) is 11.9 Å². The minimum absolute atomic E-state index is 0.0203. The van der Waals surface area contributed by atoms with Crippen molar-refractivity contribution in [2.45, 2.75) is 58.9 Å². The number of carbonyl (C=O) groups is 1. The summed E-state index contributed by atoms with van der Waals surface area (Å²) in [6.45, 7) is 12.3. The van der Waals surface area contributed by atoms with Gasteiger partial charge in [0.05, 0.1) is 11.2 Å². The van der Waals surface area contributed by atoms with Gasteiger partial charge in [0.1, 0.15) is 0 Å². The smallest absolute Gasteiger partial charge is 0.320 e. The molecule has 1 atom stereocenters. The van der Waals surface area contributed by atoms with Gasteiger partial charge >= 0.3 is 6.03 Å². The summed E-state index contributed by atoms with van der Waals surface area (Å²) >= 11 is 0. The minimum atomic E-state index is -0.0203. The fraction of sp³-hybridized carbons (Fsp3) is 0.333. The lowest BCUT2D eigenvalue weighted by molar-refractivity contribution is 0.204. The fourth-order valence-electron chi connectivity index (χ4n) is 4.83. The molecule has 3 aromatic carbocycles. The number of aryl methyl sites for hydroxylation is 1. The SMILES string of the molecule is Cc1n[nH]c2ccc([C@@H](C)CCN3Cc4cc(-c5ccc(C(C)(C)C)cc5)ccc4NC3=O)cc12. The second-order valence-electron chi connectivity index (χ2n) is 10.9. The lowest BCUT2D eigenvalue weighted by Gasteiger charge is -2.30. The third-order valence-corrected chi connectivity index (χ3v) is 7.26. The van der Waals surface area contributed by atoms with E-state index >= 15 is 0 Å². The number of amides is 2. The van der Waals surface area contributed by atoms with Crippen LogP contribution in [0.25, 0.3) is 22.0 Å². The molecule has 35 heavy (non-hydrogen) atoms. The van der Waals surface area contributed by atoms with Crippen LogP contribution < -0.4 is 5.32 Å². The molecule has 2 N–H and O–H groups in total. The van der Waals surface area contributed by atoms with E-state index in [4.69, 9.17) is 0 Å². The first-order chi connectivity index (χ1) is 16.7. The number of fused-ring (bicyclic) bond motifs is 2. The monoisotopic (exact) mass is 466 g/mol. The lowest BCUT2D eigenvalue weighted by Crippen LogP contribution is -2.39. The summed E-state index contributed by atoms with van der Waals surface area (Å²) < 4.78 is 0. The van der Waals surface area contributed by atoms with Crippen molar-refractivity contribution in [1.29, 1.82) is 0 Å². The summed E-state index contributed by atoms with van der Waals surface area (Å²) in [5.41, 5.74) is 9.27. The number of aromatic amines is 1. The van der Waals surface area contributed by atoms with E-state index in [1.54, 1.807) is 0 Å². The van der Waals surface area contributed by atoms with E-state index in [1.807, 2.05) is 17.9 Å². The molecule has 0 aliphatic carbocycles. The number of nitrogens with one attached hydrogen (secondary N) is 2. The van der Waals surface area contributed by atoms with Crippen molar-refractivity contribution in [2.24, 2.45) is 0 Å². The first-order valence-corrected chi connectivity index (χ1v) is 12.4. The Bertz CT molecular complexity index is 1380. The van der Waals surface area contributed by atoms with Gasteiger partial charge in [-0.25, -0.2) is 4.79 Å². The Morgan fingerprint density at radius 2 is 1.74 bits per heavy atom. The molecule has 0 fully saturated rings. The average molecular weight is 467 g/mol. The summed E-state index contributed by atoms with van der Waals surface area (Å²) in [6, 6.07) is 21.6. The van der Waals surface area contributed by atoms with Crippen LogP contribution in [0.2, 0.25) is 0 Å². The number of urea groups is 1. The molecule has 4 aromatic rings. The van der Waals surface area contributed by atoms with Crippen molar-refractivity contribution in [3.63, 3.8) is 0 Å².